The number of morpholine rings is 1. The van der Waals surface area contributed by atoms with Gasteiger partial charge in [-0.25, -0.2) is 0 Å². The van der Waals surface area contributed by atoms with Crippen LogP contribution in [0.25, 0.3) is 0 Å². The summed E-state index contributed by atoms with van der Waals surface area (Å²) in [7, 11) is 0. The first-order chi connectivity index (χ1) is 10.2. The quantitative estimate of drug-likeness (QED) is 0.805. The predicted molar refractivity (Wildman–Crippen MR) is 97.2 cm³/mol. The van der Waals surface area contributed by atoms with E-state index in [4.69, 9.17) is 10.5 Å². The number of ether oxygens (including phenoxy) is 1. The number of halogens is 2. The number of hydrogen-bond donors (Lipinski definition) is 2. The van der Waals surface area contributed by atoms with Crippen LogP contribution < -0.4 is 11.1 Å². The SMILES string of the molecule is CC[C@H](N)C(=O)NCC1CN(Cc2ccccc2)CCO1.Cl.Cl. The molecule has 1 aromatic rings. The van der Waals surface area contributed by atoms with E-state index >= 15 is 0 Å². The van der Waals surface area contributed by atoms with Gasteiger partial charge in [0.2, 0.25) is 5.91 Å². The summed E-state index contributed by atoms with van der Waals surface area (Å²) in [5.74, 6) is -0.0960. The first-order valence-electron chi connectivity index (χ1n) is 7.60. The van der Waals surface area contributed by atoms with Crippen molar-refractivity contribution in [2.24, 2.45) is 5.73 Å². The summed E-state index contributed by atoms with van der Waals surface area (Å²) in [4.78, 5) is 14.0. The molecular weight excluding hydrogens is 337 g/mol. The number of nitrogens with one attached hydrogen (secondary N) is 1. The van der Waals surface area contributed by atoms with E-state index in [2.05, 4.69) is 34.5 Å². The Morgan fingerprint density at radius 3 is 2.74 bits per heavy atom. The monoisotopic (exact) mass is 363 g/mol. The lowest BCUT2D eigenvalue weighted by molar-refractivity contribution is -0.123. The lowest BCUT2D eigenvalue weighted by Gasteiger charge is -2.33. The zero-order valence-corrected chi connectivity index (χ0v) is 15.1. The molecule has 7 heteroatoms. The molecule has 2 rings (SSSR count). The third-order valence-corrected chi connectivity index (χ3v) is 3.75. The molecule has 1 fully saturated rings. The molecule has 1 saturated heterocycles. The molecule has 5 nitrogen and oxygen atoms in total. The highest BCUT2D eigenvalue weighted by Crippen LogP contribution is 2.10. The molecule has 1 aromatic carbocycles. The van der Waals surface area contributed by atoms with Crippen molar-refractivity contribution in [1.82, 2.24) is 10.2 Å². The van der Waals surface area contributed by atoms with Crippen LogP contribution in [0.3, 0.4) is 0 Å². The average Bonchev–Trinajstić information content (AvgIpc) is 2.53. The van der Waals surface area contributed by atoms with Crippen molar-refractivity contribution in [3.8, 4) is 0 Å². The Morgan fingerprint density at radius 1 is 1.39 bits per heavy atom. The second-order valence-electron chi connectivity index (χ2n) is 5.47. The number of amides is 1. The van der Waals surface area contributed by atoms with Gasteiger partial charge in [-0.3, -0.25) is 9.69 Å². The van der Waals surface area contributed by atoms with Crippen LogP contribution in [0, 0.1) is 0 Å². The van der Waals surface area contributed by atoms with Crippen molar-refractivity contribution in [2.75, 3.05) is 26.2 Å². The summed E-state index contributed by atoms with van der Waals surface area (Å²) in [6, 6.07) is 9.98. The molecular formula is C16H27Cl2N3O2. The number of carbonyl (C=O) groups is 1. The van der Waals surface area contributed by atoms with Gasteiger partial charge >= 0.3 is 0 Å². The van der Waals surface area contributed by atoms with Gasteiger partial charge in [0.15, 0.2) is 0 Å². The number of nitrogens with two attached hydrogens (primary N) is 1. The van der Waals surface area contributed by atoms with Crippen molar-refractivity contribution in [3.63, 3.8) is 0 Å². The summed E-state index contributed by atoms with van der Waals surface area (Å²) in [5.41, 5.74) is 7.00. The van der Waals surface area contributed by atoms with Gasteiger partial charge in [0.1, 0.15) is 0 Å². The van der Waals surface area contributed by atoms with E-state index in [9.17, 15) is 4.79 Å². The largest absolute Gasteiger partial charge is 0.374 e. The summed E-state index contributed by atoms with van der Waals surface area (Å²) < 4.78 is 5.71. The van der Waals surface area contributed by atoms with Crippen LogP contribution >= 0.6 is 24.8 Å². The Bertz CT molecular complexity index is 448. The molecule has 1 unspecified atom stereocenters. The van der Waals surface area contributed by atoms with Gasteiger partial charge in [0, 0.05) is 26.2 Å². The van der Waals surface area contributed by atoms with Crippen LogP contribution in [-0.2, 0) is 16.1 Å². The molecule has 3 N–H and O–H groups in total. The van der Waals surface area contributed by atoms with E-state index in [1.807, 2.05) is 13.0 Å². The van der Waals surface area contributed by atoms with E-state index in [0.717, 1.165) is 19.6 Å². The second-order valence-corrected chi connectivity index (χ2v) is 5.47. The van der Waals surface area contributed by atoms with Crippen molar-refractivity contribution < 1.29 is 9.53 Å². The number of hydrogen-bond acceptors (Lipinski definition) is 4. The molecule has 0 aliphatic carbocycles. The lowest BCUT2D eigenvalue weighted by Crippen LogP contribution is -2.49. The van der Waals surface area contributed by atoms with E-state index in [0.29, 0.717) is 19.6 Å². The normalized spacial score (nSPS) is 19.1. The number of carbonyl (C=O) groups excluding carboxylic acids is 1. The van der Waals surface area contributed by atoms with E-state index in [1.165, 1.54) is 5.56 Å². The maximum absolute atomic E-state index is 11.7. The zero-order valence-electron chi connectivity index (χ0n) is 13.4. The fourth-order valence-electron chi connectivity index (χ4n) is 2.42. The molecule has 0 spiro atoms. The molecule has 1 heterocycles. The third kappa shape index (κ3) is 7.50. The van der Waals surface area contributed by atoms with Gasteiger partial charge in [-0.15, -0.1) is 24.8 Å². The number of benzene rings is 1. The minimum Gasteiger partial charge on any atom is -0.374 e. The van der Waals surface area contributed by atoms with Gasteiger partial charge in [-0.1, -0.05) is 37.3 Å². The molecule has 0 aromatic heterocycles. The standard InChI is InChI=1S/C16H25N3O2.2ClH/c1-2-15(17)16(20)18-10-14-12-19(8-9-21-14)11-13-6-4-3-5-7-13;;/h3-7,14-15H,2,8-12,17H2,1H3,(H,18,20);2*1H/t14?,15-;;/m0../s1. The van der Waals surface area contributed by atoms with Crippen LogP contribution in [0.1, 0.15) is 18.9 Å². The molecule has 1 aliphatic rings. The molecule has 2 atom stereocenters. The van der Waals surface area contributed by atoms with Crippen molar-refractivity contribution >= 4 is 30.7 Å². The van der Waals surface area contributed by atoms with Gasteiger partial charge in [-0.2, -0.15) is 0 Å². The summed E-state index contributed by atoms with van der Waals surface area (Å²) in [6.07, 6.45) is 0.688. The number of nitrogens with zero attached hydrogens (tertiary/aromatic N) is 1. The summed E-state index contributed by atoms with van der Waals surface area (Å²) in [5, 5.41) is 2.87. The van der Waals surface area contributed by atoms with Gasteiger partial charge in [0.25, 0.3) is 0 Å². The summed E-state index contributed by atoms with van der Waals surface area (Å²) in [6.45, 7) is 5.81. The molecule has 0 radical (unpaired) electrons. The third-order valence-electron chi connectivity index (χ3n) is 3.75. The highest BCUT2D eigenvalue weighted by molar-refractivity contribution is 5.85. The van der Waals surface area contributed by atoms with E-state index in [1.54, 1.807) is 0 Å². The van der Waals surface area contributed by atoms with Crippen LogP contribution in [-0.4, -0.2) is 49.2 Å². The molecule has 1 amide bonds. The predicted octanol–water partition coefficient (Wildman–Crippen LogP) is 1.58. The maximum Gasteiger partial charge on any atom is 0.236 e. The zero-order chi connectivity index (χ0) is 15.1. The van der Waals surface area contributed by atoms with Crippen molar-refractivity contribution in [2.45, 2.75) is 32.0 Å². The Hall–Kier alpha value is -0.850. The van der Waals surface area contributed by atoms with Crippen LogP contribution in [0.15, 0.2) is 30.3 Å². The van der Waals surface area contributed by atoms with Crippen LogP contribution in [0.5, 0.6) is 0 Å². The van der Waals surface area contributed by atoms with E-state index in [-0.39, 0.29) is 36.8 Å². The Kier molecular flexibility index (Phi) is 11.2. The lowest BCUT2D eigenvalue weighted by atomic mass is 10.2. The molecule has 1 aliphatic heterocycles. The van der Waals surface area contributed by atoms with Crippen LogP contribution in [0.4, 0.5) is 0 Å². The Balaban J connectivity index is 0.00000242. The van der Waals surface area contributed by atoms with E-state index < -0.39 is 6.04 Å². The van der Waals surface area contributed by atoms with Crippen LogP contribution in [0.2, 0.25) is 0 Å². The second kappa shape index (κ2) is 11.6. The van der Waals surface area contributed by atoms with Gasteiger partial charge in [0.05, 0.1) is 18.8 Å². The van der Waals surface area contributed by atoms with Gasteiger partial charge < -0.3 is 15.8 Å². The Labute approximate surface area is 150 Å². The Morgan fingerprint density at radius 2 is 2.09 bits per heavy atom. The first-order valence-corrected chi connectivity index (χ1v) is 7.60. The molecule has 132 valence electrons. The fourth-order valence-corrected chi connectivity index (χ4v) is 2.42. The highest BCUT2D eigenvalue weighted by Gasteiger charge is 2.21. The van der Waals surface area contributed by atoms with Crippen molar-refractivity contribution in [1.29, 1.82) is 0 Å². The summed E-state index contributed by atoms with van der Waals surface area (Å²) >= 11 is 0. The first kappa shape index (κ1) is 22.1. The maximum atomic E-state index is 11.7. The topological polar surface area (TPSA) is 67.6 Å². The van der Waals surface area contributed by atoms with Gasteiger partial charge in [-0.05, 0) is 12.0 Å². The average molecular weight is 364 g/mol. The van der Waals surface area contributed by atoms with Crippen molar-refractivity contribution in [3.05, 3.63) is 35.9 Å². The molecule has 23 heavy (non-hydrogen) atoms. The molecule has 0 saturated carbocycles. The molecule has 0 bridgehead atoms. The fraction of sp³-hybridized carbons (Fsp3) is 0.562. The smallest absolute Gasteiger partial charge is 0.236 e. The highest BCUT2D eigenvalue weighted by atomic mass is 35.5. The minimum absolute atomic E-state index is 0. The minimum atomic E-state index is -0.422. The number of rotatable bonds is 6.